The maximum Gasteiger partial charge on any atom is 0.417 e. The first-order valence-electron chi connectivity index (χ1n) is 8.36. The van der Waals surface area contributed by atoms with E-state index in [0.717, 1.165) is 10.5 Å². The molecule has 8 nitrogen and oxygen atoms in total. The monoisotopic (exact) mass is 365 g/mol. The SMILES string of the molecule is O=C(CN1C(=O)c2ccccc2C1=O)NCCc1ccc2oc(=O)[nH]c2c1. The second-order valence-corrected chi connectivity index (χ2v) is 6.19. The molecule has 0 unspecified atom stereocenters. The largest absolute Gasteiger partial charge is 0.417 e. The summed E-state index contributed by atoms with van der Waals surface area (Å²) >= 11 is 0. The van der Waals surface area contributed by atoms with Crippen molar-refractivity contribution < 1.29 is 18.8 Å². The Hall–Kier alpha value is -3.68. The molecule has 0 spiro atoms. The molecule has 136 valence electrons. The summed E-state index contributed by atoms with van der Waals surface area (Å²) in [6, 6.07) is 11.8. The van der Waals surface area contributed by atoms with Crippen LogP contribution in [0.2, 0.25) is 0 Å². The van der Waals surface area contributed by atoms with Gasteiger partial charge in [0.15, 0.2) is 5.58 Å². The maximum absolute atomic E-state index is 12.3. The fourth-order valence-electron chi connectivity index (χ4n) is 3.08. The lowest BCUT2D eigenvalue weighted by Gasteiger charge is -2.13. The Morgan fingerprint density at radius 3 is 2.44 bits per heavy atom. The van der Waals surface area contributed by atoms with Gasteiger partial charge in [0.1, 0.15) is 6.54 Å². The standard InChI is InChI=1S/C19H15N3O5/c23-16(10-22-17(24)12-3-1-2-4-13(12)18(22)25)20-8-7-11-5-6-15-14(9-11)21-19(26)27-15/h1-6,9H,7-8,10H2,(H,20,23)(H,21,26). The molecule has 2 N–H and O–H groups in total. The second kappa shape index (κ2) is 6.56. The number of aromatic nitrogens is 1. The molecular weight excluding hydrogens is 350 g/mol. The Labute approximate surface area is 152 Å². The number of rotatable bonds is 5. The first kappa shape index (κ1) is 16.8. The van der Waals surface area contributed by atoms with Crippen molar-refractivity contribution >= 4 is 28.8 Å². The van der Waals surface area contributed by atoms with E-state index in [0.29, 0.717) is 35.2 Å². The molecule has 0 atom stereocenters. The second-order valence-electron chi connectivity index (χ2n) is 6.19. The third kappa shape index (κ3) is 3.12. The number of hydrogen-bond donors (Lipinski definition) is 2. The molecule has 8 heteroatoms. The summed E-state index contributed by atoms with van der Waals surface area (Å²) in [6.07, 6.45) is 0.525. The molecule has 2 heterocycles. The molecule has 1 aromatic heterocycles. The van der Waals surface area contributed by atoms with Crippen LogP contribution in [0.15, 0.2) is 51.7 Å². The van der Waals surface area contributed by atoms with Crippen LogP contribution in [0.25, 0.3) is 11.1 Å². The van der Waals surface area contributed by atoms with Crippen LogP contribution in [0.1, 0.15) is 26.3 Å². The number of carbonyl (C=O) groups excluding carboxylic acids is 3. The quantitative estimate of drug-likeness (QED) is 0.657. The molecule has 2 aromatic carbocycles. The van der Waals surface area contributed by atoms with Crippen molar-refractivity contribution in [3.63, 3.8) is 0 Å². The Bertz CT molecular complexity index is 1090. The zero-order valence-corrected chi connectivity index (χ0v) is 14.2. The Morgan fingerprint density at radius 1 is 1.04 bits per heavy atom. The summed E-state index contributed by atoms with van der Waals surface area (Å²) < 4.78 is 4.94. The number of fused-ring (bicyclic) bond motifs is 2. The van der Waals surface area contributed by atoms with Gasteiger partial charge in [-0.2, -0.15) is 0 Å². The van der Waals surface area contributed by atoms with E-state index in [1.54, 1.807) is 42.5 Å². The van der Waals surface area contributed by atoms with Gasteiger partial charge in [-0.25, -0.2) is 4.79 Å². The minimum absolute atomic E-state index is 0.317. The highest BCUT2D eigenvalue weighted by Crippen LogP contribution is 2.21. The average Bonchev–Trinajstić information content (AvgIpc) is 3.14. The van der Waals surface area contributed by atoms with E-state index >= 15 is 0 Å². The van der Waals surface area contributed by atoms with Crippen LogP contribution in [-0.4, -0.2) is 40.7 Å². The molecular formula is C19H15N3O5. The summed E-state index contributed by atoms with van der Waals surface area (Å²) in [5.74, 6) is -1.85. The summed E-state index contributed by atoms with van der Waals surface area (Å²) in [5.41, 5.74) is 2.60. The fraction of sp³-hybridized carbons (Fsp3) is 0.158. The summed E-state index contributed by atoms with van der Waals surface area (Å²) in [4.78, 5) is 51.3. The number of imide groups is 1. The summed E-state index contributed by atoms with van der Waals surface area (Å²) in [7, 11) is 0. The average molecular weight is 365 g/mol. The number of carbonyl (C=O) groups is 3. The molecule has 1 aliphatic rings. The van der Waals surface area contributed by atoms with Crippen LogP contribution in [0, 0.1) is 0 Å². The minimum Gasteiger partial charge on any atom is -0.408 e. The lowest BCUT2D eigenvalue weighted by molar-refractivity contribution is -0.121. The van der Waals surface area contributed by atoms with E-state index < -0.39 is 23.5 Å². The molecule has 0 bridgehead atoms. The fourth-order valence-corrected chi connectivity index (χ4v) is 3.08. The normalized spacial score (nSPS) is 13.3. The van der Waals surface area contributed by atoms with Gasteiger partial charge in [-0.1, -0.05) is 18.2 Å². The highest BCUT2D eigenvalue weighted by Gasteiger charge is 2.36. The minimum atomic E-state index is -0.517. The van der Waals surface area contributed by atoms with Gasteiger partial charge in [0, 0.05) is 6.54 Å². The van der Waals surface area contributed by atoms with Crippen molar-refractivity contribution in [2.75, 3.05) is 13.1 Å². The van der Waals surface area contributed by atoms with Crippen molar-refractivity contribution in [2.24, 2.45) is 0 Å². The molecule has 0 fully saturated rings. The zero-order valence-electron chi connectivity index (χ0n) is 14.2. The Balaban J connectivity index is 1.34. The van der Waals surface area contributed by atoms with Crippen molar-refractivity contribution in [3.8, 4) is 0 Å². The number of oxazole rings is 1. The van der Waals surface area contributed by atoms with Gasteiger partial charge in [-0.05, 0) is 36.2 Å². The molecule has 1 aliphatic heterocycles. The molecule has 0 radical (unpaired) electrons. The maximum atomic E-state index is 12.3. The Morgan fingerprint density at radius 2 is 1.74 bits per heavy atom. The van der Waals surface area contributed by atoms with Crippen molar-refractivity contribution in [1.29, 1.82) is 0 Å². The molecule has 3 aromatic rings. The number of benzene rings is 2. The molecule has 3 amide bonds. The van der Waals surface area contributed by atoms with Gasteiger partial charge in [0.2, 0.25) is 5.91 Å². The van der Waals surface area contributed by atoms with Crippen LogP contribution in [0.5, 0.6) is 0 Å². The summed E-state index contributed by atoms with van der Waals surface area (Å²) in [6.45, 7) is 0.00995. The zero-order chi connectivity index (χ0) is 19.0. The van der Waals surface area contributed by atoms with Gasteiger partial charge in [-0.3, -0.25) is 24.3 Å². The number of nitrogens with one attached hydrogen (secondary N) is 2. The number of aromatic amines is 1. The first-order chi connectivity index (χ1) is 13.0. The smallest absolute Gasteiger partial charge is 0.408 e. The van der Waals surface area contributed by atoms with Gasteiger partial charge in [0.25, 0.3) is 11.8 Å². The predicted octanol–water partition coefficient (Wildman–Crippen LogP) is 1.08. The number of amides is 3. The van der Waals surface area contributed by atoms with Gasteiger partial charge < -0.3 is 9.73 Å². The molecule has 27 heavy (non-hydrogen) atoms. The summed E-state index contributed by atoms with van der Waals surface area (Å²) in [5, 5.41) is 2.70. The highest BCUT2D eigenvalue weighted by atomic mass is 16.4. The van der Waals surface area contributed by atoms with E-state index in [4.69, 9.17) is 4.42 Å². The van der Waals surface area contributed by atoms with Crippen LogP contribution >= 0.6 is 0 Å². The van der Waals surface area contributed by atoms with Crippen molar-refractivity contribution in [3.05, 3.63) is 69.7 Å². The van der Waals surface area contributed by atoms with Gasteiger partial charge >= 0.3 is 5.76 Å². The lowest BCUT2D eigenvalue weighted by Crippen LogP contribution is -2.40. The lowest BCUT2D eigenvalue weighted by atomic mass is 10.1. The van der Waals surface area contributed by atoms with Crippen molar-refractivity contribution in [1.82, 2.24) is 15.2 Å². The van der Waals surface area contributed by atoms with E-state index in [9.17, 15) is 19.2 Å². The van der Waals surface area contributed by atoms with E-state index in [2.05, 4.69) is 10.3 Å². The number of H-pyrrole nitrogens is 1. The van der Waals surface area contributed by atoms with Gasteiger partial charge in [-0.15, -0.1) is 0 Å². The third-order valence-electron chi connectivity index (χ3n) is 4.40. The van der Waals surface area contributed by atoms with E-state index in [-0.39, 0.29) is 6.54 Å². The molecule has 0 aliphatic carbocycles. The Kier molecular flexibility index (Phi) is 4.08. The van der Waals surface area contributed by atoms with Crippen LogP contribution in [0.3, 0.4) is 0 Å². The molecule has 0 saturated heterocycles. The van der Waals surface area contributed by atoms with Gasteiger partial charge in [0.05, 0.1) is 16.6 Å². The van der Waals surface area contributed by atoms with Crippen LogP contribution < -0.4 is 11.1 Å². The molecule has 0 saturated carbocycles. The van der Waals surface area contributed by atoms with Crippen molar-refractivity contribution in [2.45, 2.75) is 6.42 Å². The molecule has 4 rings (SSSR count). The van der Waals surface area contributed by atoms with Crippen LogP contribution in [0.4, 0.5) is 0 Å². The topological polar surface area (TPSA) is 112 Å². The van der Waals surface area contributed by atoms with Crippen LogP contribution in [-0.2, 0) is 11.2 Å². The number of hydrogen-bond acceptors (Lipinski definition) is 5. The first-order valence-corrected chi connectivity index (χ1v) is 8.36. The third-order valence-corrected chi connectivity index (χ3v) is 4.40. The number of nitrogens with zero attached hydrogens (tertiary/aromatic N) is 1. The van der Waals surface area contributed by atoms with E-state index in [1.807, 2.05) is 0 Å². The predicted molar refractivity (Wildman–Crippen MR) is 95.4 cm³/mol. The highest BCUT2D eigenvalue weighted by molar-refractivity contribution is 6.22. The van der Waals surface area contributed by atoms with E-state index in [1.165, 1.54) is 0 Å².